The largest absolute Gasteiger partial charge is 0.394 e. The van der Waals surface area contributed by atoms with E-state index in [1.54, 1.807) is 12.1 Å². The van der Waals surface area contributed by atoms with Crippen LogP contribution in [0.2, 0.25) is 0 Å². The molecule has 72 valence electrons. The van der Waals surface area contributed by atoms with E-state index in [-0.39, 0.29) is 12.1 Å². The van der Waals surface area contributed by atoms with Crippen LogP contribution in [-0.2, 0) is 0 Å². The van der Waals surface area contributed by atoms with Crippen LogP contribution < -0.4 is 5.32 Å². The van der Waals surface area contributed by atoms with Crippen molar-refractivity contribution in [3.05, 3.63) is 17.8 Å². The molecule has 2 rings (SSSR count). The Morgan fingerprint density at radius 2 is 2.29 bits per heavy atom. The van der Waals surface area contributed by atoms with E-state index in [0.717, 1.165) is 12.8 Å². The zero-order chi connectivity index (χ0) is 10.0. The van der Waals surface area contributed by atoms with Crippen molar-refractivity contribution in [1.82, 2.24) is 10.2 Å². The number of nitriles is 1. The Hall–Kier alpha value is -1.67. The van der Waals surface area contributed by atoms with Gasteiger partial charge in [-0.1, -0.05) is 0 Å². The summed E-state index contributed by atoms with van der Waals surface area (Å²) >= 11 is 0. The topological polar surface area (TPSA) is 81.8 Å². The fourth-order valence-corrected chi connectivity index (χ4v) is 1.20. The summed E-state index contributed by atoms with van der Waals surface area (Å²) < 4.78 is 0. The summed E-state index contributed by atoms with van der Waals surface area (Å²) in [5, 5.41) is 28.2. The van der Waals surface area contributed by atoms with Crippen molar-refractivity contribution in [2.45, 2.75) is 18.4 Å². The highest BCUT2D eigenvalue weighted by molar-refractivity contribution is 5.40. The molecule has 2 N–H and O–H groups in total. The standard InChI is InChI=1S/C9H10N4O/c10-5-7-1-2-8(13-12-7)11-9(6-14)3-4-9/h1-2,14H,3-4,6H2,(H,11,13). The molecule has 0 spiro atoms. The molecule has 1 aliphatic rings. The van der Waals surface area contributed by atoms with Gasteiger partial charge in [0.1, 0.15) is 11.9 Å². The number of hydrogen-bond donors (Lipinski definition) is 2. The molecule has 5 nitrogen and oxygen atoms in total. The Morgan fingerprint density at radius 3 is 2.71 bits per heavy atom. The second-order valence-electron chi connectivity index (χ2n) is 3.48. The lowest BCUT2D eigenvalue weighted by molar-refractivity contribution is 0.266. The number of nitrogens with one attached hydrogen (secondary N) is 1. The summed E-state index contributed by atoms with van der Waals surface area (Å²) in [6, 6.07) is 5.19. The van der Waals surface area contributed by atoms with E-state index in [4.69, 9.17) is 10.4 Å². The molecule has 0 amide bonds. The predicted octanol–water partition coefficient (Wildman–Crippen LogP) is 0.285. The predicted molar refractivity (Wildman–Crippen MR) is 49.4 cm³/mol. The second kappa shape index (κ2) is 3.24. The van der Waals surface area contributed by atoms with Gasteiger partial charge in [0.25, 0.3) is 0 Å². The fourth-order valence-electron chi connectivity index (χ4n) is 1.20. The lowest BCUT2D eigenvalue weighted by atomic mass is 10.3. The molecule has 5 heteroatoms. The van der Waals surface area contributed by atoms with Crippen molar-refractivity contribution in [1.29, 1.82) is 5.26 Å². The third-order valence-corrected chi connectivity index (χ3v) is 2.33. The number of aliphatic hydroxyl groups is 1. The summed E-state index contributed by atoms with van der Waals surface area (Å²) in [5.74, 6) is 0.607. The van der Waals surface area contributed by atoms with Crippen molar-refractivity contribution in [2.75, 3.05) is 11.9 Å². The van der Waals surface area contributed by atoms with Gasteiger partial charge in [-0.2, -0.15) is 5.26 Å². The molecular formula is C9H10N4O. The zero-order valence-corrected chi connectivity index (χ0v) is 7.56. The second-order valence-corrected chi connectivity index (χ2v) is 3.48. The highest BCUT2D eigenvalue weighted by Crippen LogP contribution is 2.37. The van der Waals surface area contributed by atoms with E-state index in [0.29, 0.717) is 11.5 Å². The summed E-state index contributed by atoms with van der Waals surface area (Å²) in [6.07, 6.45) is 1.90. The normalized spacial score (nSPS) is 17.1. The Balaban J connectivity index is 2.08. The van der Waals surface area contributed by atoms with E-state index >= 15 is 0 Å². The zero-order valence-electron chi connectivity index (χ0n) is 7.56. The number of aliphatic hydroxyl groups excluding tert-OH is 1. The van der Waals surface area contributed by atoms with Gasteiger partial charge in [-0.25, -0.2) is 0 Å². The van der Waals surface area contributed by atoms with Gasteiger partial charge in [0.15, 0.2) is 5.69 Å². The first kappa shape index (κ1) is 8.91. The molecule has 0 radical (unpaired) electrons. The van der Waals surface area contributed by atoms with Crippen LogP contribution >= 0.6 is 0 Å². The van der Waals surface area contributed by atoms with Crippen molar-refractivity contribution in [3.63, 3.8) is 0 Å². The Morgan fingerprint density at radius 1 is 1.50 bits per heavy atom. The van der Waals surface area contributed by atoms with E-state index in [1.807, 2.05) is 6.07 Å². The van der Waals surface area contributed by atoms with Gasteiger partial charge in [0.2, 0.25) is 0 Å². The van der Waals surface area contributed by atoms with Crippen molar-refractivity contribution >= 4 is 5.82 Å². The highest BCUT2D eigenvalue weighted by atomic mass is 16.3. The van der Waals surface area contributed by atoms with Gasteiger partial charge in [-0.3, -0.25) is 0 Å². The Bertz CT molecular complexity index is 363. The van der Waals surface area contributed by atoms with Crippen LogP contribution in [0.1, 0.15) is 18.5 Å². The molecule has 0 atom stereocenters. The highest BCUT2D eigenvalue weighted by Gasteiger charge is 2.42. The molecule has 0 unspecified atom stereocenters. The van der Waals surface area contributed by atoms with Gasteiger partial charge >= 0.3 is 0 Å². The molecule has 1 aromatic rings. The first-order valence-electron chi connectivity index (χ1n) is 4.41. The summed E-state index contributed by atoms with van der Waals surface area (Å²) in [5.41, 5.74) is 0.104. The Kier molecular flexibility index (Phi) is 2.06. The molecular weight excluding hydrogens is 180 g/mol. The summed E-state index contributed by atoms with van der Waals surface area (Å²) in [7, 11) is 0. The first-order chi connectivity index (χ1) is 6.78. The maximum atomic E-state index is 9.06. The maximum Gasteiger partial charge on any atom is 0.163 e. The average molecular weight is 190 g/mol. The van der Waals surface area contributed by atoms with Crippen LogP contribution in [-0.4, -0.2) is 27.4 Å². The van der Waals surface area contributed by atoms with E-state index in [9.17, 15) is 0 Å². The molecule has 0 bridgehead atoms. The molecule has 1 fully saturated rings. The molecule has 0 saturated heterocycles. The third-order valence-electron chi connectivity index (χ3n) is 2.33. The average Bonchev–Trinajstić information content (AvgIpc) is 3.00. The minimum atomic E-state index is -0.192. The van der Waals surface area contributed by atoms with E-state index in [1.165, 1.54) is 0 Å². The molecule has 0 aliphatic heterocycles. The lowest BCUT2D eigenvalue weighted by Crippen LogP contribution is -2.26. The van der Waals surface area contributed by atoms with E-state index in [2.05, 4.69) is 15.5 Å². The van der Waals surface area contributed by atoms with E-state index < -0.39 is 0 Å². The number of anilines is 1. The molecule has 1 aliphatic carbocycles. The van der Waals surface area contributed by atoms with Crippen LogP contribution in [0.25, 0.3) is 0 Å². The van der Waals surface area contributed by atoms with Gasteiger partial charge in [-0.05, 0) is 25.0 Å². The van der Waals surface area contributed by atoms with Crippen LogP contribution in [0, 0.1) is 11.3 Å². The van der Waals surface area contributed by atoms with Gasteiger partial charge in [0.05, 0.1) is 12.1 Å². The first-order valence-corrected chi connectivity index (χ1v) is 4.41. The quantitative estimate of drug-likeness (QED) is 0.715. The minimum Gasteiger partial charge on any atom is -0.394 e. The lowest BCUT2D eigenvalue weighted by Gasteiger charge is -2.13. The number of rotatable bonds is 3. The third kappa shape index (κ3) is 1.65. The van der Waals surface area contributed by atoms with Crippen LogP contribution in [0.4, 0.5) is 5.82 Å². The monoisotopic (exact) mass is 190 g/mol. The van der Waals surface area contributed by atoms with Gasteiger partial charge in [0, 0.05) is 0 Å². The van der Waals surface area contributed by atoms with Crippen LogP contribution in [0.5, 0.6) is 0 Å². The van der Waals surface area contributed by atoms with Crippen LogP contribution in [0.3, 0.4) is 0 Å². The fraction of sp³-hybridized carbons (Fsp3) is 0.444. The van der Waals surface area contributed by atoms with Crippen molar-refractivity contribution < 1.29 is 5.11 Å². The minimum absolute atomic E-state index is 0.106. The van der Waals surface area contributed by atoms with Crippen molar-refractivity contribution in [3.8, 4) is 6.07 Å². The smallest absolute Gasteiger partial charge is 0.163 e. The number of aromatic nitrogens is 2. The SMILES string of the molecule is N#Cc1ccc(NC2(CO)CC2)nn1. The molecule has 1 heterocycles. The number of nitrogens with zero attached hydrogens (tertiary/aromatic N) is 3. The van der Waals surface area contributed by atoms with Gasteiger partial charge < -0.3 is 10.4 Å². The maximum absolute atomic E-state index is 9.06. The van der Waals surface area contributed by atoms with Crippen LogP contribution in [0.15, 0.2) is 12.1 Å². The Labute approximate surface area is 81.4 Å². The molecule has 1 aromatic heterocycles. The summed E-state index contributed by atoms with van der Waals surface area (Å²) in [6.45, 7) is 0.106. The summed E-state index contributed by atoms with van der Waals surface area (Å²) in [4.78, 5) is 0. The molecule has 1 saturated carbocycles. The van der Waals surface area contributed by atoms with Crippen molar-refractivity contribution in [2.24, 2.45) is 0 Å². The molecule has 0 aromatic carbocycles. The molecule has 14 heavy (non-hydrogen) atoms. The number of hydrogen-bond acceptors (Lipinski definition) is 5. The van der Waals surface area contributed by atoms with Gasteiger partial charge in [-0.15, -0.1) is 10.2 Å².